The molecule has 35 heavy (non-hydrogen) atoms. The van der Waals surface area contributed by atoms with Gasteiger partial charge in [-0.2, -0.15) is 0 Å². The van der Waals surface area contributed by atoms with Crippen molar-refractivity contribution in [1.82, 2.24) is 10.4 Å². The summed E-state index contributed by atoms with van der Waals surface area (Å²) in [5.74, 6) is -2.68. The molecule has 0 saturated carbocycles. The van der Waals surface area contributed by atoms with Gasteiger partial charge in [0.15, 0.2) is 0 Å². The van der Waals surface area contributed by atoms with Crippen molar-refractivity contribution in [3.8, 4) is 0 Å². The van der Waals surface area contributed by atoms with Crippen molar-refractivity contribution in [2.45, 2.75) is 38.6 Å². The summed E-state index contributed by atoms with van der Waals surface area (Å²) >= 11 is 0. The van der Waals surface area contributed by atoms with E-state index in [-0.39, 0.29) is 6.42 Å². The minimum Gasteiger partial charge on any atom is -0.274 e. The number of hydrogen-bond donors (Lipinski definition) is 1. The molecule has 1 atom stereocenters. The van der Waals surface area contributed by atoms with Crippen molar-refractivity contribution in [1.29, 1.82) is 0 Å². The fourth-order valence-corrected chi connectivity index (χ4v) is 4.32. The Morgan fingerprint density at radius 3 is 1.94 bits per heavy atom. The maximum absolute atomic E-state index is 13.5. The molecular formula is C28H27N3O4. The van der Waals surface area contributed by atoms with Gasteiger partial charge in [-0.05, 0) is 35.2 Å². The van der Waals surface area contributed by atoms with E-state index in [2.05, 4.69) is 5.43 Å². The van der Waals surface area contributed by atoms with Gasteiger partial charge in [-0.25, -0.2) is 9.91 Å². The van der Waals surface area contributed by atoms with Gasteiger partial charge in [0.05, 0.1) is 18.0 Å². The SMILES string of the molecule is CCc1ccc(N2C(=O)CC(N(NC(=O)C(c3ccccc3)c3ccccc3)C(C)=O)C2=O)cc1. The number of benzene rings is 3. The quantitative estimate of drug-likeness (QED) is 0.442. The van der Waals surface area contributed by atoms with Gasteiger partial charge in [0.1, 0.15) is 6.04 Å². The Morgan fingerprint density at radius 1 is 0.914 bits per heavy atom. The van der Waals surface area contributed by atoms with E-state index < -0.39 is 35.6 Å². The van der Waals surface area contributed by atoms with Crippen LogP contribution in [-0.4, -0.2) is 34.7 Å². The number of aryl methyl sites for hydroxylation is 1. The molecular weight excluding hydrogens is 442 g/mol. The second kappa shape index (κ2) is 10.3. The first kappa shape index (κ1) is 23.9. The fourth-order valence-electron chi connectivity index (χ4n) is 4.32. The molecule has 1 aliphatic rings. The summed E-state index contributed by atoms with van der Waals surface area (Å²) in [6, 6.07) is 24.4. The summed E-state index contributed by atoms with van der Waals surface area (Å²) in [6.07, 6.45) is 0.620. The second-order valence-corrected chi connectivity index (χ2v) is 8.43. The van der Waals surface area contributed by atoms with Crippen LogP contribution in [0.5, 0.6) is 0 Å². The molecule has 7 nitrogen and oxygen atoms in total. The van der Waals surface area contributed by atoms with Crippen molar-refractivity contribution in [2.75, 3.05) is 4.90 Å². The largest absolute Gasteiger partial charge is 0.274 e. The summed E-state index contributed by atoms with van der Waals surface area (Å²) in [7, 11) is 0. The molecule has 1 fully saturated rings. The first-order chi connectivity index (χ1) is 16.9. The summed E-state index contributed by atoms with van der Waals surface area (Å²) < 4.78 is 0. The number of amides is 4. The molecule has 178 valence electrons. The third kappa shape index (κ3) is 4.99. The molecule has 3 aromatic rings. The van der Waals surface area contributed by atoms with Crippen LogP contribution in [0.25, 0.3) is 0 Å². The Morgan fingerprint density at radius 2 is 1.46 bits per heavy atom. The fraction of sp³-hybridized carbons (Fsp3) is 0.214. The maximum atomic E-state index is 13.5. The Kier molecular flexibility index (Phi) is 7.06. The van der Waals surface area contributed by atoms with Crippen LogP contribution < -0.4 is 10.3 Å². The predicted octanol–water partition coefficient (Wildman–Crippen LogP) is 3.59. The van der Waals surface area contributed by atoms with Gasteiger partial charge in [0.2, 0.25) is 11.8 Å². The van der Waals surface area contributed by atoms with Gasteiger partial charge in [0.25, 0.3) is 11.8 Å². The lowest BCUT2D eigenvalue weighted by Gasteiger charge is -2.29. The highest BCUT2D eigenvalue weighted by Gasteiger charge is 2.45. The Balaban J connectivity index is 1.60. The van der Waals surface area contributed by atoms with Crippen LogP contribution in [0.15, 0.2) is 84.9 Å². The molecule has 4 rings (SSSR count). The predicted molar refractivity (Wildman–Crippen MR) is 132 cm³/mol. The molecule has 7 heteroatoms. The van der Waals surface area contributed by atoms with E-state index in [1.165, 1.54) is 6.92 Å². The second-order valence-electron chi connectivity index (χ2n) is 8.43. The van der Waals surface area contributed by atoms with Crippen LogP contribution in [0.3, 0.4) is 0 Å². The Hall–Kier alpha value is -4.26. The van der Waals surface area contributed by atoms with Crippen molar-refractivity contribution < 1.29 is 19.2 Å². The Bertz CT molecular complexity index is 1190. The van der Waals surface area contributed by atoms with E-state index in [9.17, 15) is 19.2 Å². The normalized spacial score (nSPS) is 15.4. The van der Waals surface area contributed by atoms with Gasteiger partial charge in [-0.1, -0.05) is 79.7 Å². The number of rotatable bonds is 6. The summed E-state index contributed by atoms with van der Waals surface area (Å²) in [5.41, 5.74) is 5.65. The monoisotopic (exact) mass is 469 g/mol. The summed E-state index contributed by atoms with van der Waals surface area (Å²) in [4.78, 5) is 53.2. The van der Waals surface area contributed by atoms with Crippen molar-refractivity contribution >= 4 is 29.3 Å². The molecule has 0 radical (unpaired) electrons. The number of nitrogens with one attached hydrogen (secondary N) is 1. The van der Waals surface area contributed by atoms with Crippen molar-refractivity contribution in [3.05, 3.63) is 102 Å². The number of anilines is 1. The molecule has 1 aliphatic heterocycles. The third-order valence-corrected chi connectivity index (χ3v) is 6.14. The van der Waals surface area contributed by atoms with Crippen LogP contribution in [0.4, 0.5) is 5.69 Å². The smallest absolute Gasteiger partial charge is 0.259 e. The lowest BCUT2D eigenvalue weighted by molar-refractivity contribution is -0.146. The molecule has 4 amide bonds. The first-order valence-electron chi connectivity index (χ1n) is 11.6. The lowest BCUT2D eigenvalue weighted by Crippen LogP contribution is -2.55. The molecule has 1 unspecified atom stereocenters. The van der Waals surface area contributed by atoms with Gasteiger partial charge in [0, 0.05) is 6.92 Å². The standard InChI is InChI=1S/C28H27N3O4/c1-3-20-14-16-23(17-15-20)30-25(33)18-24(28(30)35)31(19(2)32)29-27(34)26(21-10-6-4-7-11-21)22-12-8-5-9-13-22/h4-17,24,26H,3,18H2,1-2H3,(H,29,34). The van der Waals surface area contributed by atoms with E-state index >= 15 is 0 Å². The topological polar surface area (TPSA) is 86.8 Å². The summed E-state index contributed by atoms with van der Waals surface area (Å²) in [5, 5.41) is 0.988. The van der Waals surface area contributed by atoms with E-state index in [1.807, 2.05) is 79.7 Å². The number of carbonyl (C=O) groups is 4. The van der Waals surface area contributed by atoms with Crippen LogP contribution in [0, 0.1) is 0 Å². The van der Waals surface area contributed by atoms with Gasteiger partial charge < -0.3 is 0 Å². The summed E-state index contributed by atoms with van der Waals surface area (Å²) in [6.45, 7) is 3.28. The van der Waals surface area contributed by atoms with E-state index in [4.69, 9.17) is 0 Å². The highest BCUT2D eigenvalue weighted by molar-refractivity contribution is 6.23. The molecule has 1 saturated heterocycles. The minimum atomic E-state index is -1.12. The van der Waals surface area contributed by atoms with Gasteiger partial charge >= 0.3 is 0 Å². The number of carbonyl (C=O) groups excluding carboxylic acids is 4. The molecule has 0 aromatic heterocycles. The van der Waals surface area contributed by atoms with Gasteiger partial charge in [-0.15, -0.1) is 0 Å². The molecule has 1 heterocycles. The highest BCUT2D eigenvalue weighted by atomic mass is 16.2. The average Bonchev–Trinajstić information content (AvgIpc) is 3.17. The third-order valence-electron chi connectivity index (χ3n) is 6.14. The molecule has 0 bridgehead atoms. The number of nitrogens with zero attached hydrogens (tertiary/aromatic N) is 2. The highest BCUT2D eigenvalue weighted by Crippen LogP contribution is 2.28. The zero-order chi connectivity index (χ0) is 24.9. The van der Waals surface area contributed by atoms with E-state index in [0.717, 1.165) is 33.0 Å². The lowest BCUT2D eigenvalue weighted by atomic mass is 9.91. The van der Waals surface area contributed by atoms with Crippen molar-refractivity contribution in [3.63, 3.8) is 0 Å². The van der Waals surface area contributed by atoms with Crippen molar-refractivity contribution in [2.24, 2.45) is 0 Å². The molecule has 1 N–H and O–H groups in total. The maximum Gasteiger partial charge on any atom is 0.259 e. The van der Waals surface area contributed by atoms with Gasteiger partial charge in [-0.3, -0.25) is 24.6 Å². The molecule has 0 aliphatic carbocycles. The zero-order valence-electron chi connectivity index (χ0n) is 19.7. The van der Waals surface area contributed by atoms with E-state index in [1.54, 1.807) is 12.1 Å². The van der Waals surface area contributed by atoms with Crippen LogP contribution in [0.2, 0.25) is 0 Å². The van der Waals surface area contributed by atoms with Crippen LogP contribution in [-0.2, 0) is 25.6 Å². The van der Waals surface area contributed by atoms with E-state index in [0.29, 0.717) is 5.69 Å². The van der Waals surface area contributed by atoms with Crippen LogP contribution in [0.1, 0.15) is 42.9 Å². The first-order valence-corrected chi connectivity index (χ1v) is 11.6. The Labute approximate surface area is 204 Å². The molecule has 0 spiro atoms. The molecule has 3 aromatic carbocycles. The number of hydrazine groups is 1. The minimum absolute atomic E-state index is 0.213. The average molecular weight is 470 g/mol. The number of hydrogen-bond acceptors (Lipinski definition) is 4. The van der Waals surface area contributed by atoms with Crippen LogP contribution >= 0.6 is 0 Å². The number of imide groups is 1. The zero-order valence-corrected chi connectivity index (χ0v) is 19.7.